The number of likely N-dealkylation sites (N-methyl/N-ethyl adjacent to an activating group) is 1. The molecule has 0 radical (unpaired) electrons. The summed E-state index contributed by atoms with van der Waals surface area (Å²) in [6.45, 7) is 6.63. The first-order valence-electron chi connectivity index (χ1n) is 6.35. The van der Waals surface area contributed by atoms with E-state index in [0.29, 0.717) is 12.0 Å². The second kappa shape index (κ2) is 4.91. The minimum atomic E-state index is 0.335. The third-order valence-corrected chi connectivity index (χ3v) is 4.28. The number of nitrogens with zero attached hydrogens (tertiary/aromatic N) is 4. The maximum absolute atomic E-state index is 5.56. The van der Waals surface area contributed by atoms with Crippen LogP contribution in [-0.2, 0) is 11.2 Å². The molecular weight excluding hydrogens is 250 g/mol. The Morgan fingerprint density at radius 2 is 2.28 bits per heavy atom. The average molecular weight is 267 g/mol. The molecule has 0 spiro atoms. The molecular formula is C11H17N5OS. The van der Waals surface area contributed by atoms with Crippen LogP contribution in [0.15, 0.2) is 0 Å². The molecule has 3 rings (SSSR count). The van der Waals surface area contributed by atoms with Gasteiger partial charge < -0.3 is 10.1 Å². The quantitative estimate of drug-likeness (QED) is 0.889. The van der Waals surface area contributed by atoms with E-state index >= 15 is 0 Å². The van der Waals surface area contributed by atoms with Crippen molar-refractivity contribution in [2.45, 2.75) is 32.2 Å². The summed E-state index contributed by atoms with van der Waals surface area (Å²) in [5, 5.41) is 17.5. The van der Waals surface area contributed by atoms with E-state index in [2.05, 4.69) is 34.5 Å². The molecule has 2 aromatic rings. The molecule has 0 saturated carbocycles. The van der Waals surface area contributed by atoms with Gasteiger partial charge in [0.1, 0.15) is 5.01 Å². The molecule has 0 aromatic carbocycles. The first-order valence-corrected chi connectivity index (χ1v) is 7.17. The zero-order chi connectivity index (χ0) is 12.5. The van der Waals surface area contributed by atoms with Gasteiger partial charge in [-0.25, -0.2) is 0 Å². The van der Waals surface area contributed by atoms with Crippen LogP contribution in [0, 0.1) is 0 Å². The van der Waals surface area contributed by atoms with Gasteiger partial charge in [0.25, 0.3) is 0 Å². The Morgan fingerprint density at radius 3 is 3.06 bits per heavy atom. The van der Waals surface area contributed by atoms with Crippen LogP contribution in [0.3, 0.4) is 0 Å². The van der Waals surface area contributed by atoms with Crippen LogP contribution >= 0.6 is 11.3 Å². The van der Waals surface area contributed by atoms with Crippen LogP contribution in [0.1, 0.15) is 30.6 Å². The zero-order valence-electron chi connectivity index (χ0n) is 10.6. The van der Waals surface area contributed by atoms with Gasteiger partial charge in [0, 0.05) is 12.5 Å². The molecule has 1 saturated heterocycles. The number of hydrogen-bond donors (Lipinski definition) is 1. The molecule has 98 valence electrons. The van der Waals surface area contributed by atoms with Gasteiger partial charge in [-0.3, -0.25) is 0 Å². The number of ether oxygens (including phenoxy) is 1. The molecule has 0 bridgehead atoms. The van der Waals surface area contributed by atoms with E-state index in [-0.39, 0.29) is 0 Å². The van der Waals surface area contributed by atoms with E-state index in [1.54, 1.807) is 11.3 Å². The van der Waals surface area contributed by atoms with Gasteiger partial charge in [-0.05, 0) is 6.54 Å². The number of aryl methyl sites for hydroxylation is 1. The molecule has 2 atom stereocenters. The van der Waals surface area contributed by atoms with Gasteiger partial charge in [0.2, 0.25) is 4.96 Å². The van der Waals surface area contributed by atoms with E-state index in [4.69, 9.17) is 4.74 Å². The highest BCUT2D eigenvalue weighted by molar-refractivity contribution is 7.16. The van der Waals surface area contributed by atoms with Crippen LogP contribution < -0.4 is 5.32 Å². The van der Waals surface area contributed by atoms with E-state index in [1.165, 1.54) is 0 Å². The fourth-order valence-corrected chi connectivity index (χ4v) is 3.31. The predicted molar refractivity (Wildman–Crippen MR) is 69.1 cm³/mol. The molecule has 0 amide bonds. The summed E-state index contributed by atoms with van der Waals surface area (Å²) >= 11 is 1.62. The van der Waals surface area contributed by atoms with Crippen molar-refractivity contribution in [3.05, 3.63) is 10.8 Å². The lowest BCUT2D eigenvalue weighted by Gasteiger charge is -2.15. The Kier molecular flexibility index (Phi) is 3.27. The third-order valence-electron chi connectivity index (χ3n) is 3.25. The van der Waals surface area contributed by atoms with Crippen molar-refractivity contribution in [3.8, 4) is 0 Å². The number of fused-ring (bicyclic) bond motifs is 1. The molecule has 18 heavy (non-hydrogen) atoms. The molecule has 0 aliphatic carbocycles. The van der Waals surface area contributed by atoms with Crippen molar-refractivity contribution >= 4 is 16.3 Å². The minimum Gasteiger partial charge on any atom is -0.379 e. The van der Waals surface area contributed by atoms with Gasteiger partial charge in [-0.15, -0.1) is 10.2 Å². The molecule has 1 fully saturated rings. The SMILES string of the molecule is CCNC1COCC1c1nn2c(CC)nnc2s1. The van der Waals surface area contributed by atoms with Crippen LogP contribution in [0.2, 0.25) is 0 Å². The van der Waals surface area contributed by atoms with E-state index in [0.717, 1.165) is 42.0 Å². The van der Waals surface area contributed by atoms with Crippen molar-refractivity contribution in [3.63, 3.8) is 0 Å². The zero-order valence-corrected chi connectivity index (χ0v) is 11.4. The lowest BCUT2D eigenvalue weighted by Crippen LogP contribution is -2.34. The number of hydrogen-bond acceptors (Lipinski definition) is 6. The van der Waals surface area contributed by atoms with Crippen LogP contribution in [0.25, 0.3) is 4.96 Å². The smallest absolute Gasteiger partial charge is 0.234 e. The third kappa shape index (κ3) is 1.92. The monoisotopic (exact) mass is 267 g/mol. The summed E-state index contributed by atoms with van der Waals surface area (Å²) in [4.78, 5) is 0.879. The highest BCUT2D eigenvalue weighted by atomic mass is 32.1. The van der Waals surface area contributed by atoms with Crippen LogP contribution in [0.4, 0.5) is 0 Å². The van der Waals surface area contributed by atoms with Crippen molar-refractivity contribution in [2.75, 3.05) is 19.8 Å². The predicted octanol–water partition coefficient (Wildman–Crippen LogP) is 0.840. The van der Waals surface area contributed by atoms with Gasteiger partial charge in [-0.1, -0.05) is 25.2 Å². The second-order valence-corrected chi connectivity index (χ2v) is 5.40. The first-order chi connectivity index (χ1) is 8.83. The maximum atomic E-state index is 5.56. The standard InChI is InChI=1S/C11H17N5OS/c1-3-9-13-14-11-16(9)15-10(18-11)7-5-17-6-8(7)12-4-2/h7-8,12H,3-6H2,1-2H3. The molecule has 6 nitrogen and oxygen atoms in total. The normalized spacial score (nSPS) is 24.1. The number of aromatic nitrogens is 4. The molecule has 2 unspecified atom stereocenters. The van der Waals surface area contributed by atoms with Crippen molar-refractivity contribution in [1.29, 1.82) is 0 Å². The summed E-state index contributed by atoms with van der Waals surface area (Å²) < 4.78 is 7.43. The fourth-order valence-electron chi connectivity index (χ4n) is 2.30. The van der Waals surface area contributed by atoms with Gasteiger partial charge in [0.15, 0.2) is 5.82 Å². The topological polar surface area (TPSA) is 64.3 Å². The van der Waals surface area contributed by atoms with Crippen molar-refractivity contribution in [2.24, 2.45) is 0 Å². The average Bonchev–Trinajstić information content (AvgIpc) is 3.01. The van der Waals surface area contributed by atoms with Gasteiger partial charge in [0.05, 0.1) is 19.1 Å². The Bertz CT molecular complexity index is 537. The lowest BCUT2D eigenvalue weighted by atomic mass is 10.1. The molecule has 1 N–H and O–H groups in total. The Morgan fingerprint density at radius 1 is 1.39 bits per heavy atom. The summed E-state index contributed by atoms with van der Waals surface area (Å²) in [6.07, 6.45) is 0.849. The highest BCUT2D eigenvalue weighted by Crippen LogP contribution is 2.29. The number of rotatable bonds is 4. The largest absolute Gasteiger partial charge is 0.379 e. The summed E-state index contributed by atoms with van der Waals surface area (Å²) in [7, 11) is 0. The van der Waals surface area contributed by atoms with Crippen molar-refractivity contribution < 1.29 is 4.74 Å². The van der Waals surface area contributed by atoms with E-state index < -0.39 is 0 Å². The molecule has 1 aliphatic rings. The second-order valence-electron chi connectivity index (χ2n) is 4.41. The van der Waals surface area contributed by atoms with Crippen LogP contribution in [-0.4, -0.2) is 45.6 Å². The summed E-state index contributed by atoms with van der Waals surface area (Å²) in [6, 6.07) is 0.365. The van der Waals surface area contributed by atoms with E-state index in [1.807, 2.05) is 4.52 Å². The van der Waals surface area contributed by atoms with E-state index in [9.17, 15) is 0 Å². The number of nitrogens with one attached hydrogen (secondary N) is 1. The molecule has 3 heterocycles. The fraction of sp³-hybridized carbons (Fsp3) is 0.727. The summed E-state index contributed by atoms with van der Waals surface area (Å²) in [5.41, 5.74) is 0. The van der Waals surface area contributed by atoms with Gasteiger partial charge in [-0.2, -0.15) is 9.61 Å². The Labute approximate surface area is 109 Å². The Balaban J connectivity index is 1.91. The van der Waals surface area contributed by atoms with Crippen LogP contribution in [0.5, 0.6) is 0 Å². The van der Waals surface area contributed by atoms with Crippen molar-refractivity contribution in [1.82, 2.24) is 25.1 Å². The summed E-state index contributed by atoms with van der Waals surface area (Å²) in [5.74, 6) is 1.26. The lowest BCUT2D eigenvalue weighted by molar-refractivity contribution is 0.187. The van der Waals surface area contributed by atoms with Gasteiger partial charge >= 0.3 is 0 Å². The highest BCUT2D eigenvalue weighted by Gasteiger charge is 2.32. The molecule has 1 aliphatic heterocycles. The molecule has 7 heteroatoms. The minimum absolute atomic E-state index is 0.335. The Hall–Kier alpha value is -1.05. The molecule has 2 aromatic heterocycles. The first kappa shape index (κ1) is 12.0. The maximum Gasteiger partial charge on any atom is 0.234 e.